The van der Waals surface area contributed by atoms with Gasteiger partial charge in [0.2, 0.25) is 0 Å². The van der Waals surface area contributed by atoms with E-state index in [1.165, 1.54) is 0 Å². The fourth-order valence-corrected chi connectivity index (χ4v) is 0.461. The molecule has 8 heteroatoms. The Kier molecular flexibility index (Phi) is 3.63. The van der Waals surface area contributed by atoms with Crippen LogP contribution in [-0.4, -0.2) is 40.7 Å². The molecule has 8 nitrogen and oxygen atoms in total. The Morgan fingerprint density at radius 2 is 2.17 bits per heavy atom. The highest BCUT2D eigenvalue weighted by atomic mass is 16.7. The van der Waals surface area contributed by atoms with Crippen LogP contribution in [0.25, 0.3) is 0 Å². The lowest BCUT2D eigenvalue weighted by molar-refractivity contribution is -0.470. The van der Waals surface area contributed by atoms with Gasteiger partial charge >= 0.3 is 12.0 Å². The molecule has 0 saturated carbocycles. The van der Waals surface area contributed by atoms with Crippen molar-refractivity contribution in [3.63, 3.8) is 0 Å². The first-order valence-corrected chi connectivity index (χ1v) is 2.70. The Bertz CT molecular complexity index is 214. The third-order valence-corrected chi connectivity index (χ3v) is 0.847. The van der Waals surface area contributed by atoms with Gasteiger partial charge in [-0.25, -0.2) is 4.79 Å². The van der Waals surface area contributed by atoms with Crippen molar-refractivity contribution in [1.29, 1.82) is 0 Å². The lowest BCUT2D eigenvalue weighted by Gasteiger charge is -2.10. The van der Waals surface area contributed by atoms with Gasteiger partial charge in [0.05, 0.1) is 7.11 Å². The van der Waals surface area contributed by atoms with E-state index in [0.29, 0.717) is 0 Å². The molecule has 0 bridgehead atoms. The normalized spacial score (nSPS) is 9.08. The minimum atomic E-state index is -1.69. The average molecular weight is 178 g/mol. The molecule has 0 atom stereocenters. The molecule has 0 fully saturated rings. The number of amides is 2. The van der Waals surface area contributed by atoms with Gasteiger partial charge in [0.1, 0.15) is 0 Å². The summed E-state index contributed by atoms with van der Waals surface area (Å²) in [5.74, 6) is -1.24. The second kappa shape index (κ2) is 4.23. The molecule has 0 aromatic heterocycles. The Balaban J connectivity index is 4.22. The van der Waals surface area contributed by atoms with E-state index >= 15 is 0 Å². The molecule has 0 radical (unpaired) electrons. The summed E-state index contributed by atoms with van der Waals surface area (Å²) in [5.41, 5.74) is 0. The first kappa shape index (κ1) is 10.3. The lowest BCUT2D eigenvalue weighted by atomic mass is 10.6. The van der Waals surface area contributed by atoms with Gasteiger partial charge in [-0.15, -0.1) is 5.06 Å². The van der Waals surface area contributed by atoms with Crippen LogP contribution < -0.4 is 0 Å². The molecule has 0 saturated heterocycles. The zero-order chi connectivity index (χ0) is 9.72. The van der Waals surface area contributed by atoms with E-state index in [0.717, 1.165) is 7.11 Å². The zero-order valence-corrected chi connectivity index (χ0v) is 6.09. The molecule has 0 spiro atoms. The minimum Gasteiger partial charge on any atom is -0.463 e. The summed E-state index contributed by atoms with van der Waals surface area (Å²) in [6, 6.07) is 0. The molecular formula is C4H6N2O6. The van der Waals surface area contributed by atoms with E-state index in [1.807, 2.05) is 0 Å². The number of carbonyl (C=O) groups is 2. The van der Waals surface area contributed by atoms with Crippen LogP contribution in [0.2, 0.25) is 0 Å². The second-order valence-corrected chi connectivity index (χ2v) is 1.64. The fraction of sp³-hybridized carbons (Fsp3) is 0.500. The second-order valence-electron chi connectivity index (χ2n) is 1.64. The number of rotatable bonds is 3. The highest BCUT2D eigenvalue weighted by Crippen LogP contribution is 1.91. The number of hydroxylamine groups is 2. The number of hydrogen-bond acceptors (Lipinski definition) is 5. The summed E-state index contributed by atoms with van der Waals surface area (Å²) < 4.78 is 0. The van der Waals surface area contributed by atoms with Crippen molar-refractivity contribution in [2.24, 2.45) is 0 Å². The maximum atomic E-state index is 10.6. The van der Waals surface area contributed by atoms with Gasteiger partial charge in [0.15, 0.2) is 0 Å². The first-order chi connectivity index (χ1) is 5.49. The largest absolute Gasteiger partial charge is 0.463 e. The van der Waals surface area contributed by atoms with Gasteiger partial charge in [0.25, 0.3) is 6.54 Å². The lowest BCUT2D eigenvalue weighted by Crippen LogP contribution is -2.38. The van der Waals surface area contributed by atoms with Crippen LogP contribution in [0, 0.1) is 10.1 Å². The van der Waals surface area contributed by atoms with E-state index in [-0.39, 0.29) is 5.06 Å². The molecule has 0 aromatic carbocycles. The van der Waals surface area contributed by atoms with Crippen LogP contribution in [-0.2, 0) is 9.63 Å². The Morgan fingerprint density at radius 1 is 1.67 bits per heavy atom. The Labute approximate surface area is 66.4 Å². The molecule has 0 aliphatic rings. The van der Waals surface area contributed by atoms with E-state index in [4.69, 9.17) is 5.11 Å². The molecule has 68 valence electrons. The van der Waals surface area contributed by atoms with Crippen LogP contribution in [0.4, 0.5) is 4.79 Å². The minimum absolute atomic E-state index is 0.108. The summed E-state index contributed by atoms with van der Waals surface area (Å²) >= 11 is 0. The highest BCUT2D eigenvalue weighted by Gasteiger charge is 2.24. The predicted octanol–water partition coefficient (Wildman–Crippen LogP) is -0.669. The number of carbonyl (C=O) groups excluding carboxylic acids is 1. The van der Waals surface area contributed by atoms with Crippen molar-refractivity contribution in [3.05, 3.63) is 10.1 Å². The number of imide groups is 1. The van der Waals surface area contributed by atoms with Gasteiger partial charge in [-0.2, -0.15) is 0 Å². The van der Waals surface area contributed by atoms with E-state index in [2.05, 4.69) is 4.84 Å². The molecule has 0 aromatic rings. The summed E-state index contributed by atoms with van der Waals surface area (Å²) in [7, 11) is 0.923. The van der Waals surface area contributed by atoms with Gasteiger partial charge in [-0.05, 0) is 0 Å². The Morgan fingerprint density at radius 3 is 2.42 bits per heavy atom. The number of hydrogen-bond donors (Lipinski definition) is 1. The smallest absolute Gasteiger partial charge is 0.439 e. The van der Waals surface area contributed by atoms with Crippen molar-refractivity contribution in [2.45, 2.75) is 0 Å². The van der Waals surface area contributed by atoms with E-state index < -0.39 is 23.5 Å². The summed E-state index contributed by atoms with van der Waals surface area (Å²) in [6.07, 6.45) is -1.69. The highest BCUT2D eigenvalue weighted by molar-refractivity contribution is 5.90. The predicted molar refractivity (Wildman–Crippen MR) is 33.7 cm³/mol. The molecule has 1 N–H and O–H groups in total. The third kappa shape index (κ3) is 2.92. The summed E-state index contributed by atoms with van der Waals surface area (Å²) in [6.45, 7) is -1.11. The number of nitro groups is 1. The van der Waals surface area contributed by atoms with Crippen LogP contribution in [0.5, 0.6) is 0 Å². The molecule has 0 aliphatic heterocycles. The molecule has 12 heavy (non-hydrogen) atoms. The molecule has 0 unspecified atom stereocenters. The van der Waals surface area contributed by atoms with Crippen molar-refractivity contribution >= 4 is 12.0 Å². The molecular weight excluding hydrogens is 172 g/mol. The molecule has 0 aliphatic carbocycles. The SMILES string of the molecule is CON(C(=O)O)C(=O)C[N+](=O)[O-]. The van der Waals surface area contributed by atoms with Gasteiger partial charge in [-0.1, -0.05) is 0 Å². The van der Waals surface area contributed by atoms with Crippen molar-refractivity contribution < 1.29 is 24.5 Å². The molecule has 0 heterocycles. The quantitative estimate of drug-likeness (QED) is 0.453. The monoisotopic (exact) mass is 178 g/mol. The standard InChI is InChI=1S/C4H6N2O6/c1-12-6(4(8)9)3(7)2-5(10)11/h2H2,1H3,(H,8,9). The van der Waals surface area contributed by atoms with Crippen LogP contribution in [0.15, 0.2) is 0 Å². The molecule has 0 rings (SSSR count). The van der Waals surface area contributed by atoms with Crippen LogP contribution in [0.3, 0.4) is 0 Å². The molecule has 2 amide bonds. The fourth-order valence-electron chi connectivity index (χ4n) is 0.461. The zero-order valence-electron chi connectivity index (χ0n) is 6.09. The van der Waals surface area contributed by atoms with Crippen molar-refractivity contribution in [1.82, 2.24) is 5.06 Å². The summed E-state index contributed by atoms with van der Waals surface area (Å²) in [4.78, 5) is 33.6. The van der Waals surface area contributed by atoms with Crippen molar-refractivity contribution in [3.8, 4) is 0 Å². The van der Waals surface area contributed by atoms with E-state index in [1.54, 1.807) is 0 Å². The number of carboxylic acid groups (broad SMARTS) is 1. The van der Waals surface area contributed by atoms with Gasteiger partial charge in [0, 0.05) is 4.92 Å². The topological polar surface area (TPSA) is 110 Å². The van der Waals surface area contributed by atoms with Crippen molar-refractivity contribution in [2.75, 3.05) is 13.7 Å². The Hall–Kier alpha value is -1.70. The van der Waals surface area contributed by atoms with Crippen LogP contribution in [0.1, 0.15) is 0 Å². The summed E-state index contributed by atoms with van der Waals surface area (Å²) in [5, 5.41) is 17.9. The van der Waals surface area contributed by atoms with Gasteiger partial charge < -0.3 is 5.11 Å². The van der Waals surface area contributed by atoms with Gasteiger partial charge in [-0.3, -0.25) is 19.7 Å². The maximum Gasteiger partial charge on any atom is 0.439 e. The number of nitrogens with zero attached hydrogens (tertiary/aromatic N) is 2. The maximum absolute atomic E-state index is 10.6. The third-order valence-electron chi connectivity index (χ3n) is 0.847. The van der Waals surface area contributed by atoms with E-state index in [9.17, 15) is 19.7 Å². The average Bonchev–Trinajstić information content (AvgIpc) is 1.85. The van der Waals surface area contributed by atoms with Crippen LogP contribution >= 0.6 is 0 Å². The first-order valence-electron chi connectivity index (χ1n) is 2.70.